The number of ether oxygens (including phenoxy) is 3. The summed E-state index contributed by atoms with van der Waals surface area (Å²) in [6.07, 6.45) is 6.60. The van der Waals surface area contributed by atoms with E-state index in [1.54, 1.807) is 19.6 Å². The number of aromatic nitrogens is 3. The molecule has 0 aliphatic carbocycles. The zero-order chi connectivity index (χ0) is 38.0. The first-order valence-electron chi connectivity index (χ1n) is 18.1. The van der Waals surface area contributed by atoms with Crippen molar-refractivity contribution >= 4 is 34.2 Å². The number of hydrogen-bond donors (Lipinski definition) is 0. The van der Waals surface area contributed by atoms with Gasteiger partial charge < -0.3 is 28.2 Å². The van der Waals surface area contributed by atoms with Crippen LogP contribution in [-0.2, 0) is 38.6 Å². The second kappa shape index (κ2) is 17.6. The molecule has 54 heavy (non-hydrogen) atoms. The van der Waals surface area contributed by atoms with Crippen LogP contribution in [0.2, 0.25) is 0 Å². The zero-order valence-corrected chi connectivity index (χ0v) is 31.2. The Labute approximate surface area is 315 Å². The molecule has 0 spiro atoms. The molecule has 0 bridgehead atoms. The third-order valence-electron chi connectivity index (χ3n) is 9.73. The minimum absolute atomic E-state index is 0.0166. The summed E-state index contributed by atoms with van der Waals surface area (Å²) in [7, 11) is 5.66. The van der Waals surface area contributed by atoms with E-state index in [-0.39, 0.29) is 29.6 Å². The average molecular weight is 727 g/mol. The standard InChI is InChI=1S/C25H26N2O3.C19H20N2O3/c1-26(2)20-10-8-18(9-11-20)15-17-30-25(29)21-14-16-27-22(21)12-13-23(27)24(28)19-6-4-3-5-7-19;1-14(19(22)24-10-9-21-8-7-20-13-21)15-3-4-17-12-18(23-2)6-5-16(17)11-15/h3-13,21H,14-17H2,1-2H3;3-8,11-14H,9-10H2,1-2H3/t;14-/m.0/s1. The van der Waals surface area contributed by atoms with Crippen molar-refractivity contribution < 1.29 is 28.6 Å². The molecular formula is C44H46N4O6. The van der Waals surface area contributed by atoms with Crippen LogP contribution < -0.4 is 9.64 Å². The molecule has 1 aliphatic heterocycles. The predicted octanol–water partition coefficient (Wildman–Crippen LogP) is 7.45. The fraction of sp³-hybridized carbons (Fsp3) is 0.273. The molecule has 4 aromatic carbocycles. The number of hydrogen-bond acceptors (Lipinski definition) is 8. The fourth-order valence-electron chi connectivity index (χ4n) is 6.52. The summed E-state index contributed by atoms with van der Waals surface area (Å²) in [6, 6.07) is 33.1. The Hall–Kier alpha value is -6.16. The van der Waals surface area contributed by atoms with Crippen molar-refractivity contribution in [2.24, 2.45) is 0 Å². The third kappa shape index (κ3) is 9.06. The molecule has 3 heterocycles. The van der Waals surface area contributed by atoms with E-state index in [9.17, 15) is 14.4 Å². The molecule has 278 valence electrons. The lowest BCUT2D eigenvalue weighted by molar-refractivity contribution is -0.146. The highest BCUT2D eigenvalue weighted by atomic mass is 16.5. The predicted molar refractivity (Wildman–Crippen MR) is 209 cm³/mol. The quantitative estimate of drug-likeness (QED) is 0.0894. The smallest absolute Gasteiger partial charge is 0.315 e. The van der Waals surface area contributed by atoms with E-state index in [2.05, 4.69) is 34.1 Å². The van der Waals surface area contributed by atoms with Gasteiger partial charge in [-0.05, 0) is 71.6 Å². The van der Waals surface area contributed by atoms with E-state index in [4.69, 9.17) is 14.2 Å². The summed E-state index contributed by atoms with van der Waals surface area (Å²) in [6.45, 7) is 3.82. The molecule has 0 saturated heterocycles. The van der Waals surface area contributed by atoms with Gasteiger partial charge in [0.15, 0.2) is 0 Å². The van der Waals surface area contributed by atoms with Gasteiger partial charge in [0.1, 0.15) is 12.4 Å². The molecule has 10 nitrogen and oxygen atoms in total. The van der Waals surface area contributed by atoms with Crippen molar-refractivity contribution in [2.75, 3.05) is 39.3 Å². The topological polar surface area (TPSA) is 105 Å². The first-order valence-corrected chi connectivity index (χ1v) is 18.1. The van der Waals surface area contributed by atoms with E-state index in [0.717, 1.165) is 39.0 Å². The summed E-state index contributed by atoms with van der Waals surface area (Å²) < 4.78 is 20.0. The molecule has 10 heteroatoms. The highest BCUT2D eigenvalue weighted by Gasteiger charge is 2.33. The lowest BCUT2D eigenvalue weighted by Crippen LogP contribution is -2.16. The van der Waals surface area contributed by atoms with Crippen molar-refractivity contribution in [3.63, 3.8) is 0 Å². The molecular weight excluding hydrogens is 681 g/mol. The van der Waals surface area contributed by atoms with Gasteiger partial charge in [-0.1, -0.05) is 66.7 Å². The molecule has 0 fully saturated rings. The van der Waals surface area contributed by atoms with Crippen LogP contribution in [-0.4, -0.2) is 66.3 Å². The number of methoxy groups -OCH3 is 1. The van der Waals surface area contributed by atoms with Crippen molar-refractivity contribution in [3.8, 4) is 5.75 Å². The van der Waals surface area contributed by atoms with Crippen LogP contribution in [0.25, 0.3) is 10.8 Å². The number of imidazole rings is 1. The first-order chi connectivity index (χ1) is 26.2. The lowest BCUT2D eigenvalue weighted by Gasteiger charge is -2.13. The Morgan fingerprint density at radius 2 is 1.63 bits per heavy atom. The molecule has 1 unspecified atom stereocenters. The van der Waals surface area contributed by atoms with Crippen LogP contribution in [0, 0.1) is 0 Å². The summed E-state index contributed by atoms with van der Waals surface area (Å²) in [4.78, 5) is 43.7. The lowest BCUT2D eigenvalue weighted by atomic mass is 9.98. The number of anilines is 1. The Kier molecular flexibility index (Phi) is 12.2. The largest absolute Gasteiger partial charge is 0.497 e. The number of esters is 2. The summed E-state index contributed by atoms with van der Waals surface area (Å²) >= 11 is 0. The third-order valence-corrected chi connectivity index (χ3v) is 9.73. The maximum atomic E-state index is 12.8. The van der Waals surface area contributed by atoms with Gasteiger partial charge in [-0.2, -0.15) is 0 Å². The molecule has 0 saturated carbocycles. The Morgan fingerprint density at radius 3 is 2.35 bits per heavy atom. The van der Waals surface area contributed by atoms with Gasteiger partial charge in [0, 0.05) is 56.4 Å². The van der Waals surface area contributed by atoms with Gasteiger partial charge in [-0.15, -0.1) is 0 Å². The highest BCUT2D eigenvalue weighted by molar-refractivity contribution is 6.08. The SMILES string of the molecule is CN(C)c1ccc(CCOC(=O)C2CCn3c(C(=O)c4ccccc4)ccc32)cc1.COc1ccc2cc([C@H](C)C(=O)OCCn3ccnc3)ccc2c1. The number of benzene rings is 4. The van der Waals surface area contributed by atoms with Crippen LogP contribution in [0.1, 0.15) is 58.1 Å². The maximum Gasteiger partial charge on any atom is 0.315 e. The molecule has 2 aromatic heterocycles. The van der Waals surface area contributed by atoms with Crippen LogP contribution in [0.5, 0.6) is 5.75 Å². The summed E-state index contributed by atoms with van der Waals surface area (Å²) in [5, 5.41) is 2.16. The second-order valence-electron chi connectivity index (χ2n) is 13.5. The highest BCUT2D eigenvalue weighted by Crippen LogP contribution is 2.32. The average Bonchev–Trinajstić information content (AvgIpc) is 3.97. The zero-order valence-electron chi connectivity index (χ0n) is 31.2. The number of carbonyl (C=O) groups is 3. The molecule has 6 aromatic rings. The summed E-state index contributed by atoms with van der Waals surface area (Å²) in [5.74, 6) is -0.240. The molecule has 1 aliphatic rings. The first kappa shape index (κ1) is 37.6. The Morgan fingerprint density at radius 1 is 0.870 bits per heavy atom. The van der Waals surface area contributed by atoms with Crippen molar-refractivity contribution in [1.29, 1.82) is 0 Å². The normalized spacial score (nSPS) is 13.7. The minimum atomic E-state index is -0.307. The fourth-order valence-corrected chi connectivity index (χ4v) is 6.52. The Balaban J connectivity index is 0.000000189. The van der Waals surface area contributed by atoms with Gasteiger partial charge in [0.25, 0.3) is 0 Å². The van der Waals surface area contributed by atoms with Crippen molar-refractivity contribution in [2.45, 2.75) is 44.7 Å². The number of ketones is 1. The van der Waals surface area contributed by atoms with Gasteiger partial charge in [-0.3, -0.25) is 14.4 Å². The van der Waals surface area contributed by atoms with Crippen LogP contribution in [0.3, 0.4) is 0 Å². The van der Waals surface area contributed by atoms with Crippen LogP contribution >= 0.6 is 0 Å². The van der Waals surface area contributed by atoms with E-state index in [1.807, 2.05) is 115 Å². The van der Waals surface area contributed by atoms with Crippen LogP contribution in [0.15, 0.2) is 122 Å². The number of rotatable bonds is 13. The second-order valence-corrected chi connectivity index (χ2v) is 13.5. The monoisotopic (exact) mass is 726 g/mol. The van der Waals surface area contributed by atoms with Gasteiger partial charge in [0.05, 0.1) is 44.1 Å². The molecule has 2 atom stereocenters. The summed E-state index contributed by atoms with van der Waals surface area (Å²) in [5.41, 5.74) is 5.38. The Bertz CT molecular complexity index is 2170. The minimum Gasteiger partial charge on any atom is -0.497 e. The number of nitrogens with zero attached hydrogens (tertiary/aromatic N) is 4. The molecule has 0 N–H and O–H groups in total. The van der Waals surface area contributed by atoms with E-state index in [0.29, 0.717) is 50.4 Å². The van der Waals surface area contributed by atoms with Crippen LogP contribution in [0.4, 0.5) is 5.69 Å². The van der Waals surface area contributed by atoms with Gasteiger partial charge in [0.2, 0.25) is 5.78 Å². The molecule has 0 amide bonds. The van der Waals surface area contributed by atoms with Crippen molar-refractivity contribution in [3.05, 3.63) is 150 Å². The van der Waals surface area contributed by atoms with E-state index < -0.39 is 0 Å². The molecule has 0 radical (unpaired) electrons. The van der Waals surface area contributed by atoms with Gasteiger partial charge >= 0.3 is 11.9 Å². The van der Waals surface area contributed by atoms with Gasteiger partial charge in [-0.25, -0.2) is 4.98 Å². The molecule has 7 rings (SSSR count). The number of carbonyl (C=O) groups excluding carboxylic acids is 3. The number of fused-ring (bicyclic) bond motifs is 2. The maximum absolute atomic E-state index is 12.8. The van der Waals surface area contributed by atoms with E-state index >= 15 is 0 Å². The van der Waals surface area contributed by atoms with E-state index in [1.165, 1.54) is 0 Å². The van der Waals surface area contributed by atoms with Crippen molar-refractivity contribution in [1.82, 2.24) is 14.1 Å².